The molecule has 0 aromatic rings. The monoisotopic (exact) mass is 95.1 g/mol. The fourth-order valence-electron chi connectivity index (χ4n) is 0.600. The van der Waals surface area contributed by atoms with E-state index < -0.39 is 0 Å². The smallest absolute Gasteiger partial charge is 0.0319 e. The molecule has 1 unspecified atom stereocenters. The van der Waals surface area contributed by atoms with Crippen molar-refractivity contribution in [2.45, 2.75) is 19.8 Å². The molecule has 1 fully saturated rings. The second-order valence-corrected chi connectivity index (χ2v) is 2.04. The van der Waals surface area contributed by atoms with Crippen LogP contribution in [0.3, 0.4) is 0 Å². The molecule has 0 aromatic heterocycles. The summed E-state index contributed by atoms with van der Waals surface area (Å²) in [5.74, 6) is 0.941. The van der Waals surface area contributed by atoms with Gasteiger partial charge in [0.1, 0.15) is 0 Å². The van der Waals surface area contributed by atoms with E-state index in [2.05, 4.69) is 25.5 Å². The molecule has 0 aromatic carbocycles. The summed E-state index contributed by atoms with van der Waals surface area (Å²) >= 11 is 0. The van der Waals surface area contributed by atoms with Crippen LogP contribution in [-0.4, -0.2) is 0 Å². The minimum atomic E-state index is 0.941. The van der Waals surface area contributed by atoms with E-state index in [9.17, 15) is 0 Å². The SMILES string of the molecule is CC=CCC1[CH]C1. The Hall–Kier alpha value is -0.260. The van der Waals surface area contributed by atoms with E-state index in [1.54, 1.807) is 0 Å². The second-order valence-electron chi connectivity index (χ2n) is 2.04. The Balaban J connectivity index is 1.98. The quantitative estimate of drug-likeness (QED) is 0.461. The van der Waals surface area contributed by atoms with Gasteiger partial charge >= 0.3 is 0 Å². The number of allylic oxidation sites excluding steroid dienone is 2. The molecule has 1 rings (SSSR count). The van der Waals surface area contributed by atoms with Gasteiger partial charge in [-0.15, -0.1) is 0 Å². The summed E-state index contributed by atoms with van der Waals surface area (Å²) in [6.07, 6.45) is 9.32. The van der Waals surface area contributed by atoms with Gasteiger partial charge in [0.05, 0.1) is 0 Å². The maximum absolute atomic E-state index is 2.35. The maximum Gasteiger partial charge on any atom is -0.0319 e. The van der Waals surface area contributed by atoms with Crippen molar-refractivity contribution >= 4 is 0 Å². The fourth-order valence-corrected chi connectivity index (χ4v) is 0.600. The van der Waals surface area contributed by atoms with Crippen molar-refractivity contribution in [1.29, 1.82) is 0 Å². The highest BCUT2D eigenvalue weighted by Crippen LogP contribution is 2.30. The van der Waals surface area contributed by atoms with Crippen molar-refractivity contribution in [1.82, 2.24) is 0 Å². The van der Waals surface area contributed by atoms with Gasteiger partial charge in [0.15, 0.2) is 0 Å². The summed E-state index contributed by atoms with van der Waals surface area (Å²) in [5.41, 5.74) is 0. The van der Waals surface area contributed by atoms with Crippen LogP contribution in [0.2, 0.25) is 0 Å². The molecule has 1 aliphatic carbocycles. The summed E-state index contributed by atoms with van der Waals surface area (Å²) in [5, 5.41) is 0. The number of hydrogen-bond donors (Lipinski definition) is 0. The van der Waals surface area contributed by atoms with Crippen molar-refractivity contribution in [2.24, 2.45) is 5.92 Å². The molecule has 0 amide bonds. The Morgan fingerprint density at radius 2 is 2.57 bits per heavy atom. The zero-order chi connectivity index (χ0) is 5.11. The third-order valence-electron chi connectivity index (χ3n) is 1.24. The molecule has 1 aliphatic rings. The van der Waals surface area contributed by atoms with Gasteiger partial charge in [-0.05, 0) is 32.1 Å². The van der Waals surface area contributed by atoms with Crippen molar-refractivity contribution in [3.05, 3.63) is 18.6 Å². The molecule has 7 heavy (non-hydrogen) atoms. The first-order valence-electron chi connectivity index (χ1n) is 2.88. The number of rotatable bonds is 2. The van der Waals surface area contributed by atoms with E-state index in [0.29, 0.717) is 0 Å². The normalized spacial score (nSPS) is 21.3. The summed E-state index contributed by atoms with van der Waals surface area (Å²) in [4.78, 5) is 0. The lowest BCUT2D eigenvalue weighted by molar-refractivity contribution is 0.891. The Labute approximate surface area is 45.2 Å². The van der Waals surface area contributed by atoms with Crippen molar-refractivity contribution in [3.8, 4) is 0 Å². The minimum Gasteiger partial charge on any atom is -0.0917 e. The van der Waals surface area contributed by atoms with Crippen molar-refractivity contribution in [3.63, 3.8) is 0 Å². The third-order valence-corrected chi connectivity index (χ3v) is 1.24. The molecule has 1 radical (unpaired) electrons. The van der Waals surface area contributed by atoms with E-state index in [1.165, 1.54) is 12.8 Å². The van der Waals surface area contributed by atoms with Gasteiger partial charge in [0, 0.05) is 0 Å². The van der Waals surface area contributed by atoms with Crippen LogP contribution >= 0.6 is 0 Å². The van der Waals surface area contributed by atoms with Crippen LogP contribution in [0.1, 0.15) is 19.8 Å². The minimum absolute atomic E-state index is 0.941. The largest absolute Gasteiger partial charge is 0.0917 e. The topological polar surface area (TPSA) is 0 Å². The average molecular weight is 95.2 g/mol. The predicted molar refractivity (Wildman–Crippen MR) is 31.8 cm³/mol. The first kappa shape index (κ1) is 4.89. The molecule has 0 N–H and O–H groups in total. The third kappa shape index (κ3) is 1.77. The van der Waals surface area contributed by atoms with E-state index in [1.807, 2.05) is 0 Å². The summed E-state index contributed by atoms with van der Waals surface area (Å²) in [7, 11) is 0. The van der Waals surface area contributed by atoms with E-state index in [-0.39, 0.29) is 0 Å². The second kappa shape index (κ2) is 2.15. The lowest BCUT2D eigenvalue weighted by Gasteiger charge is -1.79. The summed E-state index contributed by atoms with van der Waals surface area (Å²) in [6, 6.07) is 0. The van der Waals surface area contributed by atoms with Crippen LogP contribution in [0.5, 0.6) is 0 Å². The molecule has 1 saturated carbocycles. The standard InChI is InChI=1S/C7H11/c1-2-3-4-7-5-6-7/h2-3,5,7H,4,6H2,1H3. The lowest BCUT2D eigenvalue weighted by atomic mass is 10.3. The van der Waals surface area contributed by atoms with E-state index in [4.69, 9.17) is 0 Å². The first-order chi connectivity index (χ1) is 3.43. The van der Waals surface area contributed by atoms with Gasteiger partial charge in [-0.1, -0.05) is 12.2 Å². The molecule has 0 nitrogen and oxygen atoms in total. The van der Waals surface area contributed by atoms with Crippen LogP contribution in [0.15, 0.2) is 12.2 Å². The maximum atomic E-state index is 2.35. The zero-order valence-electron chi connectivity index (χ0n) is 4.72. The highest BCUT2D eigenvalue weighted by Gasteiger charge is 2.18. The Morgan fingerprint density at radius 1 is 1.86 bits per heavy atom. The molecule has 0 spiro atoms. The average Bonchev–Trinajstić information content (AvgIpc) is 2.42. The molecule has 1 atom stereocenters. The van der Waals surface area contributed by atoms with Crippen molar-refractivity contribution < 1.29 is 0 Å². The summed E-state index contributed by atoms with van der Waals surface area (Å²) in [6.45, 7) is 2.07. The van der Waals surface area contributed by atoms with Gasteiger partial charge < -0.3 is 0 Å². The van der Waals surface area contributed by atoms with Crippen LogP contribution in [0.25, 0.3) is 0 Å². The molecule has 0 heteroatoms. The van der Waals surface area contributed by atoms with Gasteiger partial charge in [-0.25, -0.2) is 0 Å². The van der Waals surface area contributed by atoms with Gasteiger partial charge in [-0.2, -0.15) is 0 Å². The molecular formula is C7H11. The zero-order valence-corrected chi connectivity index (χ0v) is 4.72. The predicted octanol–water partition coefficient (Wildman–Crippen LogP) is 2.18. The fraction of sp³-hybridized carbons (Fsp3) is 0.571. The Morgan fingerprint density at radius 3 is 3.00 bits per heavy atom. The Bertz CT molecular complexity index is 68.1. The Kier molecular flexibility index (Phi) is 1.50. The molecule has 0 aliphatic heterocycles. The highest BCUT2D eigenvalue weighted by molar-refractivity contribution is 4.99. The molecule has 0 bridgehead atoms. The van der Waals surface area contributed by atoms with Gasteiger partial charge in [0.25, 0.3) is 0 Å². The molecule has 0 saturated heterocycles. The first-order valence-corrected chi connectivity index (χ1v) is 2.88. The lowest BCUT2D eigenvalue weighted by Crippen LogP contribution is -1.65. The van der Waals surface area contributed by atoms with Crippen LogP contribution in [0, 0.1) is 12.3 Å². The number of hydrogen-bond acceptors (Lipinski definition) is 0. The van der Waals surface area contributed by atoms with Crippen LogP contribution in [0.4, 0.5) is 0 Å². The van der Waals surface area contributed by atoms with Gasteiger partial charge in [-0.3, -0.25) is 0 Å². The van der Waals surface area contributed by atoms with Crippen LogP contribution < -0.4 is 0 Å². The highest BCUT2D eigenvalue weighted by atomic mass is 14.2. The van der Waals surface area contributed by atoms with E-state index in [0.717, 1.165) is 5.92 Å². The van der Waals surface area contributed by atoms with E-state index >= 15 is 0 Å². The molecule has 39 valence electrons. The summed E-state index contributed by atoms with van der Waals surface area (Å²) < 4.78 is 0. The van der Waals surface area contributed by atoms with Crippen molar-refractivity contribution in [2.75, 3.05) is 0 Å². The van der Waals surface area contributed by atoms with Gasteiger partial charge in [0.2, 0.25) is 0 Å². The molecular weight excluding hydrogens is 84.1 g/mol. The molecule has 0 heterocycles. The van der Waals surface area contributed by atoms with Crippen LogP contribution in [-0.2, 0) is 0 Å².